The monoisotopic (exact) mass is 230 g/mol. The molecule has 2 rings (SSSR count). The number of benzene rings is 1. The van der Waals surface area contributed by atoms with Gasteiger partial charge in [-0.3, -0.25) is 9.48 Å². The lowest BCUT2D eigenvalue weighted by Gasteiger charge is -2.06. The van der Waals surface area contributed by atoms with E-state index in [9.17, 15) is 4.79 Å². The number of para-hydroxylation sites is 1. The maximum absolute atomic E-state index is 11.4. The zero-order valence-corrected chi connectivity index (χ0v) is 9.88. The fraction of sp³-hybridized carbons (Fsp3) is 0.231. The van der Waals surface area contributed by atoms with Gasteiger partial charge in [0.2, 0.25) is 0 Å². The summed E-state index contributed by atoms with van der Waals surface area (Å²) in [6.45, 7) is 4.32. The highest BCUT2D eigenvalue weighted by Crippen LogP contribution is 2.24. The van der Waals surface area contributed by atoms with Gasteiger partial charge in [-0.25, -0.2) is 0 Å². The Morgan fingerprint density at radius 1 is 1.41 bits per heavy atom. The van der Waals surface area contributed by atoms with Crippen LogP contribution in [-0.4, -0.2) is 15.6 Å². The van der Waals surface area contributed by atoms with E-state index < -0.39 is 0 Å². The second-order valence-corrected chi connectivity index (χ2v) is 3.69. The third-order valence-electron chi connectivity index (χ3n) is 2.43. The number of ether oxygens (including phenoxy) is 1. The summed E-state index contributed by atoms with van der Waals surface area (Å²) >= 11 is 0. The lowest BCUT2D eigenvalue weighted by molar-refractivity contribution is 0.101. The zero-order valence-electron chi connectivity index (χ0n) is 9.88. The molecule has 0 fully saturated rings. The number of hydrogen-bond acceptors (Lipinski definition) is 3. The van der Waals surface area contributed by atoms with Crippen LogP contribution < -0.4 is 4.74 Å². The lowest BCUT2D eigenvalue weighted by Crippen LogP contribution is -1.96. The summed E-state index contributed by atoms with van der Waals surface area (Å²) < 4.78 is 7.42. The van der Waals surface area contributed by atoms with Gasteiger partial charge in [0.25, 0.3) is 0 Å². The van der Waals surface area contributed by atoms with Gasteiger partial charge < -0.3 is 4.74 Å². The molecule has 88 valence electrons. The van der Waals surface area contributed by atoms with Gasteiger partial charge in [0.1, 0.15) is 5.75 Å². The molecule has 0 atom stereocenters. The van der Waals surface area contributed by atoms with Crippen LogP contribution in [0.25, 0.3) is 0 Å². The van der Waals surface area contributed by atoms with E-state index in [0.717, 1.165) is 6.54 Å². The van der Waals surface area contributed by atoms with E-state index in [1.54, 1.807) is 29.2 Å². The number of aromatic nitrogens is 2. The third-order valence-corrected chi connectivity index (χ3v) is 2.43. The summed E-state index contributed by atoms with van der Waals surface area (Å²) in [4.78, 5) is 11.4. The minimum atomic E-state index is -0.0107. The van der Waals surface area contributed by atoms with Gasteiger partial charge in [-0.15, -0.1) is 0 Å². The minimum Gasteiger partial charge on any atom is -0.453 e. The molecule has 4 nitrogen and oxygen atoms in total. The van der Waals surface area contributed by atoms with Crippen molar-refractivity contribution in [1.82, 2.24) is 9.78 Å². The average molecular weight is 230 g/mol. The molecule has 0 aliphatic carbocycles. The highest BCUT2D eigenvalue weighted by Gasteiger charge is 2.09. The highest BCUT2D eigenvalue weighted by atomic mass is 16.5. The van der Waals surface area contributed by atoms with Crippen molar-refractivity contribution in [2.45, 2.75) is 20.4 Å². The summed E-state index contributed by atoms with van der Waals surface area (Å²) in [5.74, 6) is 1.19. The quantitative estimate of drug-likeness (QED) is 0.758. The van der Waals surface area contributed by atoms with E-state index in [1.165, 1.54) is 6.92 Å². The Morgan fingerprint density at radius 2 is 2.18 bits per heavy atom. The van der Waals surface area contributed by atoms with E-state index in [-0.39, 0.29) is 5.78 Å². The molecule has 0 bridgehead atoms. The largest absolute Gasteiger partial charge is 0.453 e. The Morgan fingerprint density at radius 3 is 2.82 bits per heavy atom. The fourth-order valence-corrected chi connectivity index (χ4v) is 1.54. The summed E-state index contributed by atoms with van der Waals surface area (Å²) in [6.07, 6.45) is 3.44. The Labute approximate surface area is 99.8 Å². The first kappa shape index (κ1) is 11.4. The molecule has 0 radical (unpaired) electrons. The molecule has 4 heteroatoms. The van der Waals surface area contributed by atoms with Crippen molar-refractivity contribution in [1.29, 1.82) is 0 Å². The van der Waals surface area contributed by atoms with E-state index >= 15 is 0 Å². The van der Waals surface area contributed by atoms with E-state index in [4.69, 9.17) is 4.74 Å². The molecular formula is C13H14N2O2. The first-order chi connectivity index (χ1) is 8.20. The maximum atomic E-state index is 11.4. The molecule has 2 aromatic rings. The molecule has 0 saturated heterocycles. The summed E-state index contributed by atoms with van der Waals surface area (Å²) in [6, 6.07) is 7.19. The van der Waals surface area contributed by atoms with Crippen molar-refractivity contribution in [2.24, 2.45) is 0 Å². The van der Waals surface area contributed by atoms with Crippen LogP contribution in [-0.2, 0) is 6.54 Å². The van der Waals surface area contributed by atoms with Crippen LogP contribution in [0.2, 0.25) is 0 Å². The molecule has 1 heterocycles. The molecule has 0 unspecified atom stereocenters. The number of carbonyl (C=O) groups is 1. The van der Waals surface area contributed by atoms with Crippen LogP contribution in [0, 0.1) is 0 Å². The Kier molecular flexibility index (Phi) is 3.23. The predicted molar refractivity (Wildman–Crippen MR) is 64.4 cm³/mol. The molecule has 0 spiro atoms. The van der Waals surface area contributed by atoms with Crippen molar-refractivity contribution in [3.63, 3.8) is 0 Å². The fourth-order valence-electron chi connectivity index (χ4n) is 1.54. The van der Waals surface area contributed by atoms with Gasteiger partial charge >= 0.3 is 0 Å². The zero-order chi connectivity index (χ0) is 12.3. The van der Waals surface area contributed by atoms with Gasteiger partial charge in [0.05, 0.1) is 18.0 Å². The second-order valence-electron chi connectivity index (χ2n) is 3.69. The van der Waals surface area contributed by atoms with Crippen LogP contribution in [0.15, 0.2) is 36.7 Å². The highest BCUT2D eigenvalue weighted by molar-refractivity contribution is 5.96. The second kappa shape index (κ2) is 4.82. The first-order valence-corrected chi connectivity index (χ1v) is 5.51. The standard InChI is InChI=1S/C13H14N2O2/c1-3-15-9-11(8-14-15)17-13-7-5-4-6-12(13)10(2)16/h4-9H,3H2,1-2H3. The van der Waals surface area contributed by atoms with Crippen LogP contribution in [0.1, 0.15) is 24.2 Å². The van der Waals surface area contributed by atoms with Gasteiger partial charge in [-0.05, 0) is 26.0 Å². The van der Waals surface area contributed by atoms with Gasteiger partial charge in [-0.2, -0.15) is 5.10 Å². The maximum Gasteiger partial charge on any atom is 0.165 e. The molecule has 1 aromatic heterocycles. The van der Waals surface area contributed by atoms with Crippen molar-refractivity contribution in [3.05, 3.63) is 42.2 Å². The number of ketones is 1. The van der Waals surface area contributed by atoms with Crippen LogP contribution >= 0.6 is 0 Å². The molecule has 0 amide bonds. The molecule has 0 N–H and O–H groups in total. The first-order valence-electron chi connectivity index (χ1n) is 5.51. The summed E-state index contributed by atoms with van der Waals surface area (Å²) in [5.41, 5.74) is 0.580. The molecule has 0 saturated carbocycles. The average Bonchev–Trinajstić information content (AvgIpc) is 2.77. The van der Waals surface area contributed by atoms with E-state index in [2.05, 4.69) is 5.10 Å². The normalized spacial score (nSPS) is 10.2. The Hall–Kier alpha value is -2.10. The number of rotatable bonds is 4. The smallest absolute Gasteiger partial charge is 0.165 e. The number of aryl methyl sites for hydroxylation is 1. The van der Waals surface area contributed by atoms with Gasteiger partial charge in [0, 0.05) is 6.54 Å². The number of nitrogens with zero attached hydrogens (tertiary/aromatic N) is 2. The van der Waals surface area contributed by atoms with Crippen LogP contribution in [0.3, 0.4) is 0 Å². The Balaban J connectivity index is 2.26. The van der Waals surface area contributed by atoms with E-state index in [1.807, 2.05) is 19.1 Å². The van der Waals surface area contributed by atoms with Crippen LogP contribution in [0.4, 0.5) is 0 Å². The lowest BCUT2D eigenvalue weighted by atomic mass is 10.1. The molecule has 0 aliphatic rings. The molecule has 17 heavy (non-hydrogen) atoms. The van der Waals surface area contributed by atoms with Crippen molar-refractivity contribution in [3.8, 4) is 11.5 Å². The van der Waals surface area contributed by atoms with Crippen LogP contribution in [0.5, 0.6) is 11.5 Å². The molecular weight excluding hydrogens is 216 g/mol. The van der Waals surface area contributed by atoms with Crippen molar-refractivity contribution in [2.75, 3.05) is 0 Å². The van der Waals surface area contributed by atoms with E-state index in [0.29, 0.717) is 17.1 Å². The molecule has 1 aromatic carbocycles. The minimum absolute atomic E-state index is 0.0107. The summed E-state index contributed by atoms with van der Waals surface area (Å²) in [5, 5.41) is 4.11. The predicted octanol–water partition coefficient (Wildman–Crippen LogP) is 2.90. The number of carbonyl (C=O) groups excluding carboxylic acids is 1. The van der Waals surface area contributed by atoms with Crippen molar-refractivity contribution < 1.29 is 9.53 Å². The molecule has 0 aliphatic heterocycles. The topological polar surface area (TPSA) is 44.1 Å². The van der Waals surface area contributed by atoms with Crippen molar-refractivity contribution >= 4 is 5.78 Å². The SMILES string of the molecule is CCn1cc(Oc2ccccc2C(C)=O)cn1. The van der Waals surface area contributed by atoms with Gasteiger partial charge in [0.15, 0.2) is 11.5 Å². The Bertz CT molecular complexity index is 532. The number of Topliss-reactive ketones (excluding diaryl/α,β-unsaturated/α-hetero) is 1. The summed E-state index contributed by atoms with van der Waals surface area (Å²) in [7, 11) is 0. The van der Waals surface area contributed by atoms with Gasteiger partial charge in [-0.1, -0.05) is 12.1 Å². The number of hydrogen-bond donors (Lipinski definition) is 0. The third kappa shape index (κ3) is 2.53.